The van der Waals surface area contributed by atoms with Gasteiger partial charge in [-0.25, -0.2) is 9.97 Å². The minimum atomic E-state index is -4.40. The Morgan fingerprint density at radius 2 is 2.05 bits per heavy atom. The summed E-state index contributed by atoms with van der Waals surface area (Å²) in [6.45, 7) is 5.08. The molecule has 1 aromatic heterocycles. The third kappa shape index (κ3) is 3.85. The Balaban J connectivity index is 2.26. The van der Waals surface area contributed by atoms with E-state index in [2.05, 4.69) is 29.1 Å². The molecule has 0 bridgehead atoms. The second-order valence-corrected chi connectivity index (χ2v) is 6.28. The molecule has 2 rings (SSSR count). The fourth-order valence-electron chi connectivity index (χ4n) is 2.10. The molecule has 1 aliphatic heterocycles. The Labute approximate surface area is 120 Å². The molecule has 2 heterocycles. The molecular weight excluding hydrogens is 287 g/mol. The van der Waals surface area contributed by atoms with Gasteiger partial charge in [0.05, 0.1) is 11.4 Å². The first kappa shape index (κ1) is 15.6. The van der Waals surface area contributed by atoms with Crippen molar-refractivity contribution in [2.24, 2.45) is 5.92 Å². The summed E-state index contributed by atoms with van der Waals surface area (Å²) in [5.74, 6) is 2.10. The van der Waals surface area contributed by atoms with E-state index in [1.54, 1.807) is 11.8 Å². The van der Waals surface area contributed by atoms with Crippen LogP contribution in [0.15, 0.2) is 0 Å². The fourth-order valence-corrected chi connectivity index (χ4v) is 3.00. The number of fused-ring (bicyclic) bond motifs is 1. The zero-order valence-corrected chi connectivity index (χ0v) is 12.4. The lowest BCUT2D eigenvalue weighted by atomic mass is 10.0. The van der Waals surface area contributed by atoms with E-state index >= 15 is 0 Å². The molecule has 0 amide bonds. The number of aromatic nitrogens is 2. The number of nitrogens with one attached hydrogen (secondary N) is 1. The van der Waals surface area contributed by atoms with Crippen molar-refractivity contribution >= 4 is 11.8 Å². The van der Waals surface area contributed by atoms with E-state index in [0.29, 0.717) is 36.9 Å². The van der Waals surface area contributed by atoms with Crippen LogP contribution in [0.2, 0.25) is 0 Å². The molecule has 0 atom stereocenters. The Morgan fingerprint density at radius 1 is 1.30 bits per heavy atom. The van der Waals surface area contributed by atoms with Crippen molar-refractivity contribution in [2.75, 3.05) is 12.3 Å². The van der Waals surface area contributed by atoms with Crippen molar-refractivity contribution in [1.29, 1.82) is 0 Å². The SMILES string of the molecule is CC(C)CSCc1nc2c(c(C(F)(F)F)n1)CCNC2. The maximum Gasteiger partial charge on any atom is 0.433 e. The number of hydrogen-bond acceptors (Lipinski definition) is 4. The van der Waals surface area contributed by atoms with E-state index in [1.165, 1.54) is 0 Å². The molecule has 0 radical (unpaired) electrons. The number of halogens is 3. The van der Waals surface area contributed by atoms with Gasteiger partial charge in [0.25, 0.3) is 0 Å². The van der Waals surface area contributed by atoms with E-state index in [1.807, 2.05) is 0 Å². The normalized spacial score (nSPS) is 15.5. The van der Waals surface area contributed by atoms with Gasteiger partial charge in [0, 0.05) is 12.1 Å². The Kier molecular flexibility index (Phi) is 4.90. The molecule has 20 heavy (non-hydrogen) atoms. The molecule has 1 aromatic rings. The van der Waals surface area contributed by atoms with Crippen molar-refractivity contribution < 1.29 is 13.2 Å². The van der Waals surface area contributed by atoms with Crippen LogP contribution in [0.5, 0.6) is 0 Å². The van der Waals surface area contributed by atoms with E-state index in [-0.39, 0.29) is 11.4 Å². The molecule has 3 nitrogen and oxygen atoms in total. The summed E-state index contributed by atoms with van der Waals surface area (Å²) in [6.07, 6.45) is -4.06. The van der Waals surface area contributed by atoms with Crippen LogP contribution in [0.25, 0.3) is 0 Å². The first-order valence-electron chi connectivity index (χ1n) is 6.62. The van der Waals surface area contributed by atoms with Gasteiger partial charge in [0.1, 0.15) is 5.82 Å². The van der Waals surface area contributed by atoms with Crippen molar-refractivity contribution in [2.45, 2.75) is 38.7 Å². The van der Waals surface area contributed by atoms with Gasteiger partial charge in [-0.05, 0) is 24.6 Å². The molecule has 0 fully saturated rings. The minimum Gasteiger partial charge on any atom is -0.311 e. The average molecular weight is 305 g/mol. The second kappa shape index (κ2) is 6.30. The van der Waals surface area contributed by atoms with Gasteiger partial charge in [-0.3, -0.25) is 0 Å². The highest BCUT2D eigenvalue weighted by atomic mass is 32.2. The van der Waals surface area contributed by atoms with E-state index in [4.69, 9.17) is 0 Å². The monoisotopic (exact) mass is 305 g/mol. The van der Waals surface area contributed by atoms with Gasteiger partial charge < -0.3 is 5.32 Å². The summed E-state index contributed by atoms with van der Waals surface area (Å²) in [6, 6.07) is 0. The number of hydrogen-bond donors (Lipinski definition) is 1. The summed E-state index contributed by atoms with van der Waals surface area (Å²) in [5.41, 5.74) is 0.0109. The number of nitrogens with zero attached hydrogens (tertiary/aromatic N) is 2. The average Bonchev–Trinajstić information content (AvgIpc) is 2.36. The van der Waals surface area contributed by atoms with Crippen molar-refractivity contribution in [1.82, 2.24) is 15.3 Å². The third-order valence-electron chi connectivity index (χ3n) is 2.93. The first-order valence-corrected chi connectivity index (χ1v) is 7.77. The van der Waals surface area contributed by atoms with Crippen molar-refractivity contribution in [3.8, 4) is 0 Å². The van der Waals surface area contributed by atoms with Crippen molar-refractivity contribution in [3.05, 3.63) is 22.8 Å². The van der Waals surface area contributed by atoms with Crippen molar-refractivity contribution in [3.63, 3.8) is 0 Å². The van der Waals surface area contributed by atoms with E-state index in [9.17, 15) is 13.2 Å². The minimum absolute atomic E-state index is 0.258. The molecule has 0 spiro atoms. The second-order valence-electron chi connectivity index (χ2n) is 5.25. The molecule has 1 aliphatic rings. The molecule has 0 unspecified atom stereocenters. The Morgan fingerprint density at radius 3 is 2.70 bits per heavy atom. The van der Waals surface area contributed by atoms with Gasteiger partial charge in [0.2, 0.25) is 0 Å². The molecule has 0 saturated carbocycles. The number of alkyl halides is 3. The number of rotatable bonds is 4. The van der Waals surface area contributed by atoms with Gasteiger partial charge in [-0.1, -0.05) is 13.8 Å². The smallest absolute Gasteiger partial charge is 0.311 e. The lowest BCUT2D eigenvalue weighted by Crippen LogP contribution is -2.29. The maximum absolute atomic E-state index is 13.1. The summed E-state index contributed by atoms with van der Waals surface area (Å²) in [5, 5.41) is 3.06. The Hall–Kier alpha value is -0.820. The van der Waals surface area contributed by atoms with Crippen LogP contribution in [-0.4, -0.2) is 22.3 Å². The predicted molar refractivity (Wildman–Crippen MR) is 73.4 cm³/mol. The van der Waals surface area contributed by atoms with E-state index < -0.39 is 11.9 Å². The quantitative estimate of drug-likeness (QED) is 0.928. The highest BCUT2D eigenvalue weighted by Crippen LogP contribution is 2.33. The van der Waals surface area contributed by atoms with Gasteiger partial charge in [0.15, 0.2) is 5.69 Å². The van der Waals surface area contributed by atoms with E-state index in [0.717, 1.165) is 5.75 Å². The molecule has 0 saturated heterocycles. The van der Waals surface area contributed by atoms with Crippen LogP contribution in [0, 0.1) is 5.92 Å². The van der Waals surface area contributed by atoms with Crippen LogP contribution in [0.1, 0.15) is 36.6 Å². The molecule has 1 N–H and O–H groups in total. The summed E-state index contributed by atoms with van der Waals surface area (Å²) < 4.78 is 39.3. The lowest BCUT2D eigenvalue weighted by molar-refractivity contribution is -0.142. The van der Waals surface area contributed by atoms with Gasteiger partial charge >= 0.3 is 6.18 Å². The molecular formula is C13H18F3N3S. The summed E-state index contributed by atoms with van der Waals surface area (Å²) >= 11 is 1.57. The zero-order valence-electron chi connectivity index (χ0n) is 11.5. The van der Waals surface area contributed by atoms with Crippen LogP contribution in [0.4, 0.5) is 13.2 Å². The zero-order chi connectivity index (χ0) is 14.8. The first-order chi connectivity index (χ1) is 9.38. The maximum atomic E-state index is 13.1. The van der Waals surface area contributed by atoms with Crippen LogP contribution >= 0.6 is 11.8 Å². The molecule has 0 aliphatic carbocycles. The highest BCUT2D eigenvalue weighted by Gasteiger charge is 2.37. The molecule has 7 heteroatoms. The van der Waals surface area contributed by atoms with Crippen LogP contribution < -0.4 is 5.32 Å². The van der Waals surface area contributed by atoms with Crippen LogP contribution in [0.3, 0.4) is 0 Å². The molecule has 112 valence electrons. The highest BCUT2D eigenvalue weighted by molar-refractivity contribution is 7.98. The standard InChI is InChI=1S/C13H18F3N3S/c1-8(2)6-20-7-11-18-10-5-17-4-3-9(10)12(19-11)13(14,15)16/h8,17H,3-7H2,1-2H3. The Bertz CT molecular complexity index is 475. The summed E-state index contributed by atoms with van der Waals surface area (Å²) in [4.78, 5) is 8.06. The summed E-state index contributed by atoms with van der Waals surface area (Å²) in [7, 11) is 0. The van der Waals surface area contributed by atoms with Crippen LogP contribution in [-0.2, 0) is 24.9 Å². The predicted octanol–water partition coefficient (Wildman–Crippen LogP) is 3.03. The van der Waals surface area contributed by atoms with Gasteiger partial charge in [-0.15, -0.1) is 0 Å². The lowest BCUT2D eigenvalue weighted by Gasteiger charge is -2.21. The number of thioether (sulfide) groups is 1. The molecule has 0 aromatic carbocycles. The fraction of sp³-hybridized carbons (Fsp3) is 0.692. The third-order valence-corrected chi connectivity index (χ3v) is 4.30. The topological polar surface area (TPSA) is 37.8 Å². The largest absolute Gasteiger partial charge is 0.433 e. The van der Waals surface area contributed by atoms with Gasteiger partial charge in [-0.2, -0.15) is 24.9 Å².